The SMILES string of the molecule is CCCCCCCCCCCCCC/C=C\CCCCCCCCO. The van der Waals surface area contributed by atoms with E-state index in [1.54, 1.807) is 0 Å². The van der Waals surface area contributed by atoms with Crippen LogP contribution in [-0.2, 0) is 0 Å². The van der Waals surface area contributed by atoms with Crippen molar-refractivity contribution in [1.29, 1.82) is 0 Å². The molecule has 0 rings (SSSR count). The van der Waals surface area contributed by atoms with Crippen molar-refractivity contribution >= 4 is 0 Å². The lowest BCUT2D eigenvalue weighted by Gasteiger charge is -2.02. The topological polar surface area (TPSA) is 20.2 Å². The Morgan fingerprint density at radius 1 is 0.440 bits per heavy atom. The molecule has 0 spiro atoms. The Balaban J connectivity index is 3.03. The molecule has 0 atom stereocenters. The van der Waals surface area contributed by atoms with Crippen LogP contribution in [0.1, 0.15) is 135 Å². The highest BCUT2D eigenvalue weighted by molar-refractivity contribution is 4.81. The summed E-state index contributed by atoms with van der Waals surface area (Å²) in [7, 11) is 0. The summed E-state index contributed by atoms with van der Waals surface area (Å²) in [5, 5.41) is 8.72. The van der Waals surface area contributed by atoms with Gasteiger partial charge in [-0.15, -0.1) is 0 Å². The van der Waals surface area contributed by atoms with Crippen LogP contribution in [0.5, 0.6) is 0 Å². The van der Waals surface area contributed by atoms with E-state index in [0.29, 0.717) is 6.61 Å². The standard InChI is InChI=1S/C24H48O/c1-2-3-4-5-6-7-8-9-10-11-12-13-14-15-16-17-18-19-20-21-22-23-24-25/h15-16,25H,2-14,17-24H2,1H3/b16-15-. The molecule has 150 valence electrons. The minimum Gasteiger partial charge on any atom is -0.396 e. The number of hydrogen-bond donors (Lipinski definition) is 1. The van der Waals surface area contributed by atoms with E-state index in [1.165, 1.54) is 122 Å². The average Bonchev–Trinajstić information content (AvgIpc) is 2.63. The van der Waals surface area contributed by atoms with Crippen LogP contribution in [0, 0.1) is 0 Å². The molecule has 1 nitrogen and oxygen atoms in total. The fourth-order valence-electron chi connectivity index (χ4n) is 3.42. The van der Waals surface area contributed by atoms with E-state index in [-0.39, 0.29) is 0 Å². The summed E-state index contributed by atoms with van der Waals surface area (Å²) in [6.07, 6.45) is 32.1. The second-order valence-corrected chi connectivity index (χ2v) is 7.78. The normalized spacial score (nSPS) is 11.6. The Morgan fingerprint density at radius 2 is 0.760 bits per heavy atom. The molecule has 25 heavy (non-hydrogen) atoms. The van der Waals surface area contributed by atoms with Crippen molar-refractivity contribution in [2.75, 3.05) is 6.61 Å². The highest BCUT2D eigenvalue weighted by Crippen LogP contribution is 2.13. The number of aliphatic hydroxyl groups excluding tert-OH is 1. The monoisotopic (exact) mass is 352 g/mol. The van der Waals surface area contributed by atoms with Crippen LogP contribution in [0.4, 0.5) is 0 Å². The molecule has 0 saturated carbocycles. The molecule has 0 aliphatic heterocycles. The van der Waals surface area contributed by atoms with E-state index in [9.17, 15) is 0 Å². The Kier molecular flexibility index (Phi) is 23.4. The van der Waals surface area contributed by atoms with Crippen molar-refractivity contribution in [1.82, 2.24) is 0 Å². The van der Waals surface area contributed by atoms with E-state index < -0.39 is 0 Å². The van der Waals surface area contributed by atoms with Crippen LogP contribution >= 0.6 is 0 Å². The van der Waals surface area contributed by atoms with Gasteiger partial charge in [0, 0.05) is 6.61 Å². The molecule has 1 heteroatoms. The Bertz CT molecular complexity index is 246. The zero-order valence-electron chi connectivity index (χ0n) is 17.5. The third-order valence-electron chi connectivity index (χ3n) is 5.17. The first-order valence-electron chi connectivity index (χ1n) is 11.7. The van der Waals surface area contributed by atoms with Crippen LogP contribution in [0.3, 0.4) is 0 Å². The number of unbranched alkanes of at least 4 members (excludes halogenated alkanes) is 18. The van der Waals surface area contributed by atoms with Gasteiger partial charge in [0.25, 0.3) is 0 Å². The summed E-state index contributed by atoms with van der Waals surface area (Å²) >= 11 is 0. The first-order chi connectivity index (χ1) is 12.4. The van der Waals surface area contributed by atoms with Crippen molar-refractivity contribution < 1.29 is 5.11 Å². The fraction of sp³-hybridized carbons (Fsp3) is 0.917. The zero-order chi connectivity index (χ0) is 18.3. The predicted molar refractivity (Wildman–Crippen MR) is 114 cm³/mol. The minimum atomic E-state index is 0.363. The Morgan fingerprint density at radius 3 is 1.12 bits per heavy atom. The summed E-state index contributed by atoms with van der Waals surface area (Å²) in [4.78, 5) is 0. The van der Waals surface area contributed by atoms with Crippen LogP contribution in [-0.4, -0.2) is 11.7 Å². The molecule has 0 bridgehead atoms. The molecular weight excluding hydrogens is 304 g/mol. The average molecular weight is 353 g/mol. The first kappa shape index (κ1) is 24.7. The smallest absolute Gasteiger partial charge is 0.0431 e. The second-order valence-electron chi connectivity index (χ2n) is 7.78. The van der Waals surface area contributed by atoms with Gasteiger partial charge in [0.1, 0.15) is 0 Å². The zero-order valence-corrected chi connectivity index (χ0v) is 17.5. The van der Waals surface area contributed by atoms with Gasteiger partial charge in [0.2, 0.25) is 0 Å². The molecule has 0 radical (unpaired) electrons. The molecule has 0 unspecified atom stereocenters. The molecule has 0 heterocycles. The molecule has 0 aliphatic carbocycles. The molecule has 0 fully saturated rings. The van der Waals surface area contributed by atoms with Gasteiger partial charge >= 0.3 is 0 Å². The molecule has 0 aromatic rings. The molecule has 0 amide bonds. The van der Waals surface area contributed by atoms with Crippen molar-refractivity contribution in [3.05, 3.63) is 12.2 Å². The molecular formula is C24H48O. The quantitative estimate of drug-likeness (QED) is 0.162. The van der Waals surface area contributed by atoms with Gasteiger partial charge in [-0.05, 0) is 32.1 Å². The van der Waals surface area contributed by atoms with Crippen molar-refractivity contribution in [2.24, 2.45) is 0 Å². The van der Waals surface area contributed by atoms with E-state index in [1.807, 2.05) is 0 Å². The largest absolute Gasteiger partial charge is 0.396 e. The molecule has 0 aromatic heterocycles. The van der Waals surface area contributed by atoms with Crippen molar-refractivity contribution in [3.63, 3.8) is 0 Å². The molecule has 1 N–H and O–H groups in total. The summed E-state index contributed by atoms with van der Waals surface area (Å²) in [5.41, 5.74) is 0. The maximum Gasteiger partial charge on any atom is 0.0431 e. The van der Waals surface area contributed by atoms with E-state index in [0.717, 1.165) is 6.42 Å². The van der Waals surface area contributed by atoms with Crippen molar-refractivity contribution in [3.8, 4) is 0 Å². The maximum absolute atomic E-state index is 8.72. The second kappa shape index (κ2) is 23.7. The summed E-state index contributed by atoms with van der Waals surface area (Å²) in [6.45, 7) is 2.65. The minimum absolute atomic E-state index is 0.363. The third-order valence-corrected chi connectivity index (χ3v) is 5.17. The van der Waals surface area contributed by atoms with Crippen LogP contribution < -0.4 is 0 Å². The summed E-state index contributed by atoms with van der Waals surface area (Å²) < 4.78 is 0. The highest BCUT2D eigenvalue weighted by Gasteiger charge is 1.93. The number of aliphatic hydroxyl groups is 1. The number of hydrogen-bond acceptors (Lipinski definition) is 1. The van der Waals surface area contributed by atoms with Gasteiger partial charge in [-0.1, -0.05) is 115 Å². The van der Waals surface area contributed by atoms with Crippen LogP contribution in [0.2, 0.25) is 0 Å². The summed E-state index contributed by atoms with van der Waals surface area (Å²) in [5.74, 6) is 0. The van der Waals surface area contributed by atoms with E-state index >= 15 is 0 Å². The van der Waals surface area contributed by atoms with Gasteiger partial charge in [0.15, 0.2) is 0 Å². The lowest BCUT2D eigenvalue weighted by atomic mass is 10.0. The van der Waals surface area contributed by atoms with Crippen LogP contribution in [0.15, 0.2) is 12.2 Å². The third kappa shape index (κ3) is 23.7. The Hall–Kier alpha value is -0.300. The van der Waals surface area contributed by atoms with Crippen LogP contribution in [0.25, 0.3) is 0 Å². The molecule has 0 saturated heterocycles. The molecule has 0 aliphatic rings. The first-order valence-corrected chi connectivity index (χ1v) is 11.7. The van der Waals surface area contributed by atoms with Gasteiger partial charge in [0.05, 0.1) is 0 Å². The number of allylic oxidation sites excluding steroid dienone is 2. The Labute approximate surface area is 159 Å². The molecule has 0 aromatic carbocycles. The summed E-state index contributed by atoms with van der Waals surface area (Å²) in [6, 6.07) is 0. The highest BCUT2D eigenvalue weighted by atomic mass is 16.2. The van der Waals surface area contributed by atoms with Crippen molar-refractivity contribution in [2.45, 2.75) is 135 Å². The lowest BCUT2D eigenvalue weighted by Crippen LogP contribution is -1.83. The predicted octanol–water partition coefficient (Wildman–Crippen LogP) is 8.36. The van der Waals surface area contributed by atoms with Gasteiger partial charge in [-0.2, -0.15) is 0 Å². The van der Waals surface area contributed by atoms with Gasteiger partial charge < -0.3 is 5.11 Å². The maximum atomic E-state index is 8.72. The van der Waals surface area contributed by atoms with E-state index in [4.69, 9.17) is 5.11 Å². The number of rotatable bonds is 21. The van der Waals surface area contributed by atoms with E-state index in [2.05, 4.69) is 19.1 Å². The fourth-order valence-corrected chi connectivity index (χ4v) is 3.42. The van der Waals surface area contributed by atoms with Gasteiger partial charge in [-0.25, -0.2) is 0 Å². The lowest BCUT2D eigenvalue weighted by molar-refractivity contribution is 0.282. The van der Waals surface area contributed by atoms with Gasteiger partial charge in [-0.3, -0.25) is 0 Å².